The predicted octanol–water partition coefficient (Wildman–Crippen LogP) is -1.26. The normalized spacial score (nSPS) is 30.0. The van der Waals surface area contributed by atoms with Crippen LogP contribution in [0.15, 0.2) is 0 Å². The Kier molecular flexibility index (Phi) is 14.5. The van der Waals surface area contributed by atoms with Gasteiger partial charge in [-0.3, -0.25) is 33.6 Å². The molecule has 2 aliphatic heterocycles. The van der Waals surface area contributed by atoms with Crippen molar-refractivity contribution in [3.63, 3.8) is 0 Å². The van der Waals surface area contributed by atoms with E-state index < -0.39 is 116 Å². The maximum Gasteiger partial charge on any atom is 0.339 e. The first kappa shape index (κ1) is 38.8. The molecule has 2 rings (SSSR count). The summed E-state index contributed by atoms with van der Waals surface area (Å²) in [6, 6.07) is -1.50. The molecule has 10 atom stereocenters. The van der Waals surface area contributed by atoms with Gasteiger partial charge in [0.25, 0.3) is 0 Å². The van der Waals surface area contributed by atoms with E-state index in [-0.39, 0.29) is 6.42 Å². The summed E-state index contributed by atoms with van der Waals surface area (Å²) in [5, 5.41) is 2.56. The van der Waals surface area contributed by atoms with Crippen molar-refractivity contribution in [2.45, 2.75) is 116 Å². The molecule has 1 unspecified atom stereocenters. The van der Waals surface area contributed by atoms with E-state index in [0.717, 1.165) is 48.7 Å². The Morgan fingerprint density at radius 3 is 1.60 bits per heavy atom. The van der Waals surface area contributed by atoms with Crippen LogP contribution in [0.25, 0.3) is 0 Å². The summed E-state index contributed by atoms with van der Waals surface area (Å²) < 4.78 is 54.5. The molecule has 2 saturated heterocycles. The SMILES string of the molecule is CCC(=O)N[C@H]1C(OC(C)=O)O[C@H](COC(C)=O)[C@H](OC(C)=O)[C@@H]1O[C@@H]1O[C@H](C(=O)OC)[C@@H](OC(C)=O)[C@H](OC(C)=O)[C@H]1OC(C)=O. The molecule has 2 fully saturated rings. The Morgan fingerprint density at radius 2 is 1.11 bits per heavy atom. The summed E-state index contributed by atoms with van der Waals surface area (Å²) in [6.45, 7) is 7.06. The van der Waals surface area contributed by atoms with Gasteiger partial charge in [0.2, 0.25) is 12.2 Å². The molecule has 0 aromatic carbocycles. The van der Waals surface area contributed by atoms with Gasteiger partial charge >= 0.3 is 41.8 Å². The van der Waals surface area contributed by atoms with Gasteiger partial charge in [0, 0.05) is 48.0 Å². The van der Waals surface area contributed by atoms with Crippen molar-refractivity contribution in [3.8, 4) is 0 Å². The highest BCUT2D eigenvalue weighted by Crippen LogP contribution is 2.35. The van der Waals surface area contributed by atoms with Crippen LogP contribution in [0.3, 0.4) is 0 Å². The largest absolute Gasteiger partial charge is 0.467 e. The lowest BCUT2D eigenvalue weighted by Gasteiger charge is -2.48. The van der Waals surface area contributed by atoms with Crippen molar-refractivity contribution in [3.05, 3.63) is 0 Å². The number of hydrogen-bond donors (Lipinski definition) is 1. The van der Waals surface area contributed by atoms with E-state index in [1.165, 1.54) is 6.92 Å². The second kappa shape index (κ2) is 17.5. The zero-order chi connectivity index (χ0) is 35.6. The Labute approximate surface area is 269 Å². The summed E-state index contributed by atoms with van der Waals surface area (Å²) in [7, 11) is 0.986. The third-order valence-corrected chi connectivity index (χ3v) is 6.46. The molecule has 47 heavy (non-hydrogen) atoms. The molecule has 19 nitrogen and oxygen atoms in total. The zero-order valence-electron chi connectivity index (χ0n) is 27.0. The standard InChI is InChI=1S/C28H39NO18/c1-9-18(36)29-19-21(20(40-12(3)31)17(10-39-11(2)30)45-27(19)44-16(7)35)46-28-25(43-15(6)34)23(42-14(5)33)22(41-13(4)32)24(47-28)26(37)38-8/h17,19-25,27-28H,9-10H2,1-8H3,(H,29,36)/t17-,19-,20+,21-,22+,23+,24+,25-,27?,28-/m1/s1. The predicted molar refractivity (Wildman–Crippen MR) is 147 cm³/mol. The molecular weight excluding hydrogens is 638 g/mol. The highest BCUT2D eigenvalue weighted by molar-refractivity contribution is 5.77. The van der Waals surface area contributed by atoms with Gasteiger partial charge in [-0.15, -0.1) is 0 Å². The van der Waals surface area contributed by atoms with Crippen LogP contribution in [0.2, 0.25) is 0 Å². The molecule has 1 N–H and O–H groups in total. The van der Waals surface area contributed by atoms with Gasteiger partial charge in [0.15, 0.2) is 36.8 Å². The second-order valence-electron chi connectivity index (χ2n) is 10.2. The average Bonchev–Trinajstić information content (AvgIpc) is 2.95. The summed E-state index contributed by atoms with van der Waals surface area (Å²) in [4.78, 5) is 98.2. The fourth-order valence-electron chi connectivity index (χ4n) is 4.78. The highest BCUT2D eigenvalue weighted by atomic mass is 16.8. The molecule has 0 aliphatic carbocycles. The molecule has 0 aromatic heterocycles. The van der Waals surface area contributed by atoms with Crippen molar-refractivity contribution in [1.29, 1.82) is 0 Å². The van der Waals surface area contributed by atoms with Crippen molar-refractivity contribution >= 4 is 47.7 Å². The molecule has 264 valence electrons. The molecule has 1 amide bonds. The van der Waals surface area contributed by atoms with E-state index >= 15 is 0 Å². The lowest BCUT2D eigenvalue weighted by molar-refractivity contribution is -0.340. The second-order valence-corrected chi connectivity index (χ2v) is 10.2. The number of methoxy groups -OCH3 is 1. The van der Waals surface area contributed by atoms with Crippen molar-refractivity contribution in [2.75, 3.05) is 13.7 Å². The van der Waals surface area contributed by atoms with Gasteiger partial charge in [-0.25, -0.2) is 4.79 Å². The average molecular weight is 678 g/mol. The molecule has 2 aliphatic rings. The number of nitrogens with one attached hydrogen (secondary N) is 1. The van der Waals surface area contributed by atoms with E-state index in [2.05, 4.69) is 5.32 Å². The van der Waals surface area contributed by atoms with Gasteiger partial charge in [-0.1, -0.05) is 6.92 Å². The molecular formula is C28H39NO18. The van der Waals surface area contributed by atoms with Crippen molar-refractivity contribution in [2.24, 2.45) is 0 Å². The number of rotatable bonds is 12. The third kappa shape index (κ3) is 11.1. The third-order valence-electron chi connectivity index (χ3n) is 6.46. The lowest BCUT2D eigenvalue weighted by Crippen LogP contribution is -2.70. The van der Waals surface area contributed by atoms with Crippen molar-refractivity contribution < 1.29 is 85.7 Å². The quantitative estimate of drug-likeness (QED) is 0.187. The molecule has 2 heterocycles. The van der Waals surface area contributed by atoms with E-state index in [1.807, 2.05) is 0 Å². The first-order valence-corrected chi connectivity index (χ1v) is 14.3. The van der Waals surface area contributed by atoms with Gasteiger partial charge < -0.3 is 52.7 Å². The van der Waals surface area contributed by atoms with Gasteiger partial charge in [-0.05, 0) is 0 Å². The zero-order valence-corrected chi connectivity index (χ0v) is 27.0. The first-order valence-electron chi connectivity index (χ1n) is 14.3. The van der Waals surface area contributed by atoms with E-state index in [4.69, 9.17) is 47.4 Å². The molecule has 0 bridgehead atoms. The Hall–Kier alpha value is -4.36. The first-order chi connectivity index (χ1) is 22.0. The summed E-state index contributed by atoms with van der Waals surface area (Å²) in [6.07, 6.45) is -15.4. The minimum Gasteiger partial charge on any atom is -0.467 e. The van der Waals surface area contributed by atoms with Gasteiger partial charge in [0.05, 0.1) is 7.11 Å². The number of esters is 7. The van der Waals surface area contributed by atoms with E-state index in [9.17, 15) is 38.4 Å². The minimum absolute atomic E-state index is 0.0931. The van der Waals surface area contributed by atoms with Crippen LogP contribution >= 0.6 is 0 Å². The van der Waals surface area contributed by atoms with Crippen LogP contribution in [-0.2, 0) is 85.7 Å². The van der Waals surface area contributed by atoms with E-state index in [0.29, 0.717) is 0 Å². The van der Waals surface area contributed by atoms with Crippen LogP contribution in [0.4, 0.5) is 0 Å². The lowest BCUT2D eigenvalue weighted by atomic mass is 9.94. The maximum atomic E-state index is 12.9. The fraction of sp³-hybridized carbons (Fsp3) is 0.714. The number of amides is 1. The molecule has 0 saturated carbocycles. The van der Waals surface area contributed by atoms with Crippen molar-refractivity contribution in [1.82, 2.24) is 5.32 Å². The Bertz CT molecular complexity index is 1200. The van der Waals surface area contributed by atoms with Crippen LogP contribution in [0, 0.1) is 0 Å². The minimum atomic E-state index is -1.94. The van der Waals surface area contributed by atoms with Crippen LogP contribution in [0.1, 0.15) is 54.9 Å². The van der Waals surface area contributed by atoms with Gasteiger partial charge in [0.1, 0.15) is 24.9 Å². The molecule has 19 heteroatoms. The number of carbonyl (C=O) groups is 8. The smallest absolute Gasteiger partial charge is 0.339 e. The van der Waals surface area contributed by atoms with Crippen LogP contribution in [0.5, 0.6) is 0 Å². The monoisotopic (exact) mass is 677 g/mol. The van der Waals surface area contributed by atoms with Crippen LogP contribution < -0.4 is 5.32 Å². The summed E-state index contributed by atoms with van der Waals surface area (Å²) in [5.74, 6) is -7.14. The fourth-order valence-corrected chi connectivity index (χ4v) is 4.78. The summed E-state index contributed by atoms with van der Waals surface area (Å²) >= 11 is 0. The number of ether oxygens (including phenoxy) is 10. The molecule has 0 radical (unpaired) electrons. The molecule has 0 spiro atoms. The topological polar surface area (TPSA) is 241 Å². The number of hydrogen-bond acceptors (Lipinski definition) is 18. The van der Waals surface area contributed by atoms with E-state index in [1.54, 1.807) is 0 Å². The number of carbonyl (C=O) groups excluding carboxylic acids is 8. The summed E-state index contributed by atoms with van der Waals surface area (Å²) in [5.41, 5.74) is 0. The van der Waals surface area contributed by atoms with Gasteiger partial charge in [-0.2, -0.15) is 0 Å². The Morgan fingerprint density at radius 1 is 0.596 bits per heavy atom. The highest BCUT2D eigenvalue weighted by Gasteiger charge is 2.58. The molecule has 0 aromatic rings. The van der Waals surface area contributed by atoms with Crippen LogP contribution in [-0.4, -0.2) is 123 Å². The Balaban J connectivity index is 2.79. The maximum absolute atomic E-state index is 12.9.